The first-order chi connectivity index (χ1) is 7.58. The lowest BCUT2D eigenvalue weighted by Gasteiger charge is -2.12. The van der Waals surface area contributed by atoms with Crippen LogP contribution in [0.5, 0.6) is 0 Å². The van der Waals surface area contributed by atoms with Crippen molar-refractivity contribution in [2.75, 3.05) is 0 Å². The SMILES string of the molecule is Cc1cc(C)cc(C(N)c2ccoc2Cl)c1. The Kier molecular flexibility index (Phi) is 3.03. The second kappa shape index (κ2) is 4.32. The zero-order valence-electron chi connectivity index (χ0n) is 9.33. The highest BCUT2D eigenvalue weighted by Crippen LogP contribution is 2.28. The zero-order valence-corrected chi connectivity index (χ0v) is 10.1. The molecule has 2 nitrogen and oxygen atoms in total. The van der Waals surface area contributed by atoms with Gasteiger partial charge in [-0.2, -0.15) is 0 Å². The molecule has 1 unspecified atom stereocenters. The molecular formula is C13H14ClNO. The summed E-state index contributed by atoms with van der Waals surface area (Å²) in [6.45, 7) is 4.11. The van der Waals surface area contributed by atoms with Gasteiger partial charge in [-0.05, 0) is 37.1 Å². The summed E-state index contributed by atoms with van der Waals surface area (Å²) in [6.07, 6.45) is 1.56. The largest absolute Gasteiger partial charge is 0.453 e. The highest BCUT2D eigenvalue weighted by molar-refractivity contribution is 6.29. The molecule has 1 atom stereocenters. The van der Waals surface area contributed by atoms with Crippen LogP contribution in [0, 0.1) is 13.8 Å². The van der Waals surface area contributed by atoms with Crippen LogP contribution in [0.3, 0.4) is 0 Å². The Balaban J connectivity index is 2.41. The van der Waals surface area contributed by atoms with Gasteiger partial charge in [0.2, 0.25) is 0 Å². The van der Waals surface area contributed by atoms with Crippen LogP contribution < -0.4 is 5.73 Å². The molecule has 0 saturated heterocycles. The second-order valence-electron chi connectivity index (χ2n) is 4.05. The van der Waals surface area contributed by atoms with E-state index in [1.54, 1.807) is 6.26 Å². The van der Waals surface area contributed by atoms with Crippen molar-refractivity contribution in [3.05, 3.63) is 58.0 Å². The zero-order chi connectivity index (χ0) is 11.7. The summed E-state index contributed by atoms with van der Waals surface area (Å²) >= 11 is 5.92. The summed E-state index contributed by atoms with van der Waals surface area (Å²) in [7, 11) is 0. The monoisotopic (exact) mass is 235 g/mol. The first-order valence-electron chi connectivity index (χ1n) is 5.14. The predicted molar refractivity (Wildman–Crippen MR) is 65.7 cm³/mol. The van der Waals surface area contributed by atoms with Gasteiger partial charge in [-0.3, -0.25) is 0 Å². The van der Waals surface area contributed by atoms with E-state index in [1.807, 2.05) is 6.07 Å². The summed E-state index contributed by atoms with van der Waals surface area (Å²) in [6, 6.07) is 7.84. The average Bonchev–Trinajstić information content (AvgIpc) is 2.62. The molecule has 2 N–H and O–H groups in total. The summed E-state index contributed by atoms with van der Waals surface area (Å²) in [5.41, 5.74) is 10.4. The van der Waals surface area contributed by atoms with Crippen molar-refractivity contribution in [3.8, 4) is 0 Å². The number of nitrogens with two attached hydrogens (primary N) is 1. The predicted octanol–water partition coefficient (Wildman–Crippen LogP) is 3.60. The fourth-order valence-electron chi connectivity index (χ4n) is 1.90. The minimum atomic E-state index is -0.232. The molecule has 0 spiro atoms. The van der Waals surface area contributed by atoms with Crippen LogP contribution in [0.1, 0.15) is 28.3 Å². The van der Waals surface area contributed by atoms with Gasteiger partial charge in [0.05, 0.1) is 12.3 Å². The third kappa shape index (κ3) is 2.13. The Hall–Kier alpha value is -1.25. The lowest BCUT2D eigenvalue weighted by Crippen LogP contribution is -2.11. The maximum absolute atomic E-state index is 6.15. The van der Waals surface area contributed by atoms with Crippen molar-refractivity contribution >= 4 is 11.6 Å². The smallest absolute Gasteiger partial charge is 0.198 e. The van der Waals surface area contributed by atoms with Crippen LogP contribution in [0.15, 0.2) is 34.9 Å². The molecule has 2 aromatic rings. The molecule has 84 valence electrons. The Bertz CT molecular complexity index is 484. The number of rotatable bonds is 2. The van der Waals surface area contributed by atoms with Crippen LogP contribution in [0.2, 0.25) is 5.22 Å². The van der Waals surface area contributed by atoms with Crippen molar-refractivity contribution < 1.29 is 4.42 Å². The molecule has 0 amide bonds. The first kappa shape index (κ1) is 11.2. The average molecular weight is 236 g/mol. The number of benzene rings is 1. The highest BCUT2D eigenvalue weighted by Gasteiger charge is 2.15. The normalized spacial score (nSPS) is 12.8. The van der Waals surface area contributed by atoms with E-state index >= 15 is 0 Å². The minimum absolute atomic E-state index is 0.232. The van der Waals surface area contributed by atoms with Crippen molar-refractivity contribution in [1.29, 1.82) is 0 Å². The maximum atomic E-state index is 6.15. The topological polar surface area (TPSA) is 39.2 Å². The number of hydrogen-bond acceptors (Lipinski definition) is 2. The molecule has 0 bridgehead atoms. The fourth-order valence-corrected chi connectivity index (χ4v) is 2.13. The van der Waals surface area contributed by atoms with Gasteiger partial charge in [0.1, 0.15) is 0 Å². The molecule has 0 fully saturated rings. The Morgan fingerprint density at radius 3 is 2.31 bits per heavy atom. The lowest BCUT2D eigenvalue weighted by atomic mass is 9.98. The number of halogens is 1. The molecule has 0 aliphatic rings. The molecule has 1 aromatic heterocycles. The summed E-state index contributed by atoms with van der Waals surface area (Å²) in [5, 5.41) is 0.367. The van der Waals surface area contributed by atoms with Crippen LogP contribution in [-0.4, -0.2) is 0 Å². The van der Waals surface area contributed by atoms with Crippen molar-refractivity contribution in [2.24, 2.45) is 5.73 Å². The van der Waals surface area contributed by atoms with Gasteiger partial charge < -0.3 is 10.2 Å². The van der Waals surface area contributed by atoms with Gasteiger partial charge in [0, 0.05) is 5.56 Å². The van der Waals surface area contributed by atoms with Gasteiger partial charge in [-0.1, -0.05) is 29.3 Å². The van der Waals surface area contributed by atoms with Crippen LogP contribution in [0.25, 0.3) is 0 Å². The van der Waals surface area contributed by atoms with E-state index < -0.39 is 0 Å². The summed E-state index contributed by atoms with van der Waals surface area (Å²) in [5.74, 6) is 0. The quantitative estimate of drug-likeness (QED) is 0.864. The molecule has 0 aliphatic heterocycles. The van der Waals surface area contributed by atoms with Gasteiger partial charge in [0.25, 0.3) is 0 Å². The summed E-state index contributed by atoms with van der Waals surface area (Å²) < 4.78 is 5.05. The maximum Gasteiger partial charge on any atom is 0.198 e. The van der Waals surface area contributed by atoms with Crippen molar-refractivity contribution in [1.82, 2.24) is 0 Å². The molecule has 3 heteroatoms. The van der Waals surface area contributed by atoms with Crippen LogP contribution >= 0.6 is 11.6 Å². The molecule has 1 aromatic carbocycles. The number of furan rings is 1. The van der Waals surface area contributed by atoms with Gasteiger partial charge in [-0.15, -0.1) is 0 Å². The second-order valence-corrected chi connectivity index (χ2v) is 4.39. The van der Waals surface area contributed by atoms with Gasteiger partial charge in [0.15, 0.2) is 5.22 Å². The summed E-state index contributed by atoms with van der Waals surface area (Å²) in [4.78, 5) is 0. The van der Waals surface area contributed by atoms with Gasteiger partial charge >= 0.3 is 0 Å². The molecule has 1 heterocycles. The Morgan fingerprint density at radius 2 is 1.81 bits per heavy atom. The Labute approximate surface area is 100 Å². The van der Waals surface area contributed by atoms with E-state index in [0.717, 1.165) is 11.1 Å². The lowest BCUT2D eigenvalue weighted by molar-refractivity contribution is 0.564. The Morgan fingerprint density at radius 1 is 1.19 bits per heavy atom. The van der Waals surface area contributed by atoms with E-state index in [4.69, 9.17) is 21.8 Å². The van der Waals surface area contributed by atoms with E-state index in [1.165, 1.54) is 11.1 Å². The highest BCUT2D eigenvalue weighted by atomic mass is 35.5. The van der Waals surface area contributed by atoms with Crippen molar-refractivity contribution in [2.45, 2.75) is 19.9 Å². The standard InChI is InChI=1S/C13H14ClNO/c1-8-5-9(2)7-10(6-8)12(15)11-3-4-16-13(11)14/h3-7,12H,15H2,1-2H3. The third-order valence-electron chi connectivity index (χ3n) is 2.58. The van der Waals surface area contributed by atoms with Gasteiger partial charge in [-0.25, -0.2) is 0 Å². The number of hydrogen-bond donors (Lipinski definition) is 1. The molecule has 2 rings (SSSR count). The number of aryl methyl sites for hydroxylation is 2. The molecule has 0 radical (unpaired) electrons. The first-order valence-corrected chi connectivity index (χ1v) is 5.52. The van der Waals surface area contributed by atoms with Crippen LogP contribution in [0.4, 0.5) is 0 Å². The van der Waals surface area contributed by atoms with E-state index in [2.05, 4.69) is 32.0 Å². The van der Waals surface area contributed by atoms with E-state index in [9.17, 15) is 0 Å². The minimum Gasteiger partial charge on any atom is -0.453 e. The van der Waals surface area contributed by atoms with E-state index in [-0.39, 0.29) is 6.04 Å². The molecule has 0 saturated carbocycles. The molecule has 16 heavy (non-hydrogen) atoms. The molecular weight excluding hydrogens is 222 g/mol. The van der Waals surface area contributed by atoms with Crippen molar-refractivity contribution in [3.63, 3.8) is 0 Å². The molecule has 0 aliphatic carbocycles. The fraction of sp³-hybridized carbons (Fsp3) is 0.231. The third-order valence-corrected chi connectivity index (χ3v) is 2.89. The van der Waals surface area contributed by atoms with Crippen LogP contribution in [-0.2, 0) is 0 Å². The van der Waals surface area contributed by atoms with E-state index in [0.29, 0.717) is 5.22 Å².